The van der Waals surface area contributed by atoms with Gasteiger partial charge in [-0.3, -0.25) is 9.69 Å². The molecule has 0 heterocycles. The molecule has 0 spiro atoms. The standard InChI is InChI=1S/C15H27N3O/c1-14(2,3)11-17-13(19)12-6-8-15(10-16,9-7-12)18(4)5/h12H,6-9,11H2,1-5H3,(H,17,19). The summed E-state index contributed by atoms with van der Waals surface area (Å²) in [5.74, 6) is 0.226. The van der Waals surface area contributed by atoms with Crippen molar-refractivity contribution in [1.29, 1.82) is 5.26 Å². The molecule has 1 N–H and O–H groups in total. The first-order valence-electron chi connectivity index (χ1n) is 7.07. The molecule has 1 amide bonds. The van der Waals surface area contributed by atoms with Crippen molar-refractivity contribution < 1.29 is 4.79 Å². The Bertz CT molecular complexity index is 355. The smallest absolute Gasteiger partial charge is 0.223 e. The van der Waals surface area contributed by atoms with E-state index in [0.717, 1.165) is 25.7 Å². The van der Waals surface area contributed by atoms with Gasteiger partial charge in [0.25, 0.3) is 0 Å². The number of nitriles is 1. The van der Waals surface area contributed by atoms with E-state index in [4.69, 9.17) is 0 Å². The summed E-state index contributed by atoms with van der Waals surface area (Å²) >= 11 is 0. The number of nitrogens with one attached hydrogen (secondary N) is 1. The molecule has 4 nitrogen and oxygen atoms in total. The van der Waals surface area contributed by atoms with Crippen LogP contribution in [0.4, 0.5) is 0 Å². The Labute approximate surface area is 117 Å². The van der Waals surface area contributed by atoms with Gasteiger partial charge >= 0.3 is 0 Å². The van der Waals surface area contributed by atoms with Crippen LogP contribution >= 0.6 is 0 Å². The fraction of sp³-hybridized carbons (Fsp3) is 0.867. The minimum atomic E-state index is -0.374. The second-order valence-corrected chi connectivity index (χ2v) is 7.09. The summed E-state index contributed by atoms with van der Waals surface area (Å²) in [6.07, 6.45) is 3.18. The molecule has 0 bridgehead atoms. The largest absolute Gasteiger partial charge is 0.355 e. The Hall–Kier alpha value is -1.08. The second kappa shape index (κ2) is 5.92. The number of carbonyl (C=O) groups is 1. The van der Waals surface area contributed by atoms with Crippen LogP contribution in [0.15, 0.2) is 0 Å². The molecule has 0 aromatic heterocycles. The van der Waals surface area contributed by atoms with Crippen LogP contribution in [-0.4, -0.2) is 37.0 Å². The van der Waals surface area contributed by atoms with Gasteiger partial charge in [-0.05, 0) is 45.2 Å². The first kappa shape index (κ1) is 16.0. The first-order chi connectivity index (χ1) is 8.70. The molecule has 0 saturated heterocycles. The van der Waals surface area contributed by atoms with Gasteiger partial charge < -0.3 is 5.32 Å². The summed E-state index contributed by atoms with van der Waals surface area (Å²) in [5.41, 5.74) is -0.259. The Morgan fingerprint density at radius 3 is 2.26 bits per heavy atom. The zero-order valence-corrected chi connectivity index (χ0v) is 12.9. The average Bonchev–Trinajstić information content (AvgIpc) is 2.35. The third-order valence-corrected chi connectivity index (χ3v) is 4.04. The van der Waals surface area contributed by atoms with Crippen molar-refractivity contribution in [3.63, 3.8) is 0 Å². The minimum absolute atomic E-state index is 0.0729. The van der Waals surface area contributed by atoms with Crippen molar-refractivity contribution in [1.82, 2.24) is 10.2 Å². The lowest BCUT2D eigenvalue weighted by molar-refractivity contribution is -0.127. The monoisotopic (exact) mass is 265 g/mol. The molecule has 0 unspecified atom stereocenters. The zero-order valence-electron chi connectivity index (χ0n) is 12.9. The van der Waals surface area contributed by atoms with E-state index < -0.39 is 0 Å². The van der Waals surface area contributed by atoms with Crippen molar-refractivity contribution in [2.24, 2.45) is 11.3 Å². The SMILES string of the molecule is CN(C)C1(C#N)CCC(C(=O)NCC(C)(C)C)CC1. The highest BCUT2D eigenvalue weighted by molar-refractivity contribution is 5.78. The van der Waals surface area contributed by atoms with Crippen LogP contribution in [0.5, 0.6) is 0 Å². The second-order valence-electron chi connectivity index (χ2n) is 7.09. The highest BCUT2D eigenvalue weighted by atomic mass is 16.1. The molecular weight excluding hydrogens is 238 g/mol. The summed E-state index contributed by atoms with van der Waals surface area (Å²) in [5, 5.41) is 12.4. The van der Waals surface area contributed by atoms with Crippen LogP contribution in [0.25, 0.3) is 0 Å². The van der Waals surface area contributed by atoms with Gasteiger partial charge in [0.1, 0.15) is 5.54 Å². The predicted octanol–water partition coefficient (Wildman–Crippen LogP) is 2.16. The van der Waals surface area contributed by atoms with Crippen molar-refractivity contribution in [3.05, 3.63) is 0 Å². The third kappa shape index (κ3) is 4.21. The van der Waals surface area contributed by atoms with E-state index in [9.17, 15) is 10.1 Å². The van der Waals surface area contributed by atoms with Crippen LogP contribution in [0.1, 0.15) is 46.5 Å². The van der Waals surface area contributed by atoms with Gasteiger partial charge in [-0.25, -0.2) is 0 Å². The Morgan fingerprint density at radius 1 is 1.37 bits per heavy atom. The third-order valence-electron chi connectivity index (χ3n) is 4.04. The van der Waals surface area contributed by atoms with Gasteiger partial charge in [-0.15, -0.1) is 0 Å². The Morgan fingerprint density at radius 2 is 1.89 bits per heavy atom. The van der Waals surface area contributed by atoms with E-state index in [-0.39, 0.29) is 22.8 Å². The molecule has 0 atom stereocenters. The maximum absolute atomic E-state index is 12.1. The van der Waals surface area contributed by atoms with E-state index in [2.05, 4.69) is 32.2 Å². The maximum Gasteiger partial charge on any atom is 0.223 e. The average molecular weight is 265 g/mol. The van der Waals surface area contributed by atoms with E-state index in [1.54, 1.807) is 0 Å². The van der Waals surface area contributed by atoms with Crippen molar-refractivity contribution in [2.75, 3.05) is 20.6 Å². The summed E-state index contributed by atoms with van der Waals surface area (Å²) in [4.78, 5) is 14.1. The van der Waals surface area contributed by atoms with Crippen LogP contribution < -0.4 is 5.32 Å². The van der Waals surface area contributed by atoms with Gasteiger partial charge in [0.05, 0.1) is 6.07 Å². The molecular formula is C15H27N3O. The van der Waals surface area contributed by atoms with E-state index >= 15 is 0 Å². The van der Waals surface area contributed by atoms with Crippen molar-refractivity contribution in [3.8, 4) is 6.07 Å². The van der Waals surface area contributed by atoms with Gasteiger partial charge in [0.2, 0.25) is 5.91 Å². The molecule has 1 fully saturated rings. The lowest BCUT2D eigenvalue weighted by Gasteiger charge is -2.39. The molecule has 1 aliphatic carbocycles. The van der Waals surface area contributed by atoms with Gasteiger partial charge in [0, 0.05) is 12.5 Å². The molecule has 4 heteroatoms. The first-order valence-corrected chi connectivity index (χ1v) is 7.07. The van der Waals surface area contributed by atoms with Gasteiger partial charge in [-0.2, -0.15) is 5.26 Å². The van der Waals surface area contributed by atoms with Crippen molar-refractivity contribution >= 4 is 5.91 Å². The lowest BCUT2D eigenvalue weighted by atomic mass is 9.76. The summed E-state index contributed by atoms with van der Waals surface area (Å²) in [6.45, 7) is 7.04. The lowest BCUT2D eigenvalue weighted by Crippen LogP contribution is -2.48. The summed E-state index contributed by atoms with van der Waals surface area (Å²) in [7, 11) is 3.90. The highest BCUT2D eigenvalue weighted by Gasteiger charge is 2.39. The number of hydrogen-bond acceptors (Lipinski definition) is 3. The fourth-order valence-electron chi connectivity index (χ4n) is 2.51. The molecule has 1 rings (SSSR count). The fourth-order valence-corrected chi connectivity index (χ4v) is 2.51. The number of rotatable bonds is 3. The number of nitrogens with zero attached hydrogens (tertiary/aromatic N) is 2. The normalized spacial score (nSPS) is 27.9. The molecule has 0 aromatic carbocycles. The van der Waals surface area contributed by atoms with E-state index in [1.807, 2.05) is 19.0 Å². The number of hydrogen-bond donors (Lipinski definition) is 1. The maximum atomic E-state index is 12.1. The predicted molar refractivity (Wildman–Crippen MR) is 76.5 cm³/mol. The van der Waals surface area contributed by atoms with Crippen LogP contribution in [0.3, 0.4) is 0 Å². The van der Waals surface area contributed by atoms with Crippen LogP contribution in [-0.2, 0) is 4.79 Å². The highest BCUT2D eigenvalue weighted by Crippen LogP contribution is 2.35. The van der Waals surface area contributed by atoms with Crippen LogP contribution in [0, 0.1) is 22.7 Å². The summed E-state index contributed by atoms with van der Waals surface area (Å²) in [6, 6.07) is 2.43. The molecule has 0 radical (unpaired) electrons. The molecule has 1 saturated carbocycles. The Kier molecular flexibility index (Phi) is 4.98. The number of carbonyl (C=O) groups excluding carboxylic acids is 1. The van der Waals surface area contributed by atoms with Gasteiger partial charge in [0.15, 0.2) is 0 Å². The quantitative estimate of drug-likeness (QED) is 0.851. The van der Waals surface area contributed by atoms with Gasteiger partial charge in [-0.1, -0.05) is 20.8 Å². The Balaban J connectivity index is 2.50. The minimum Gasteiger partial charge on any atom is -0.355 e. The molecule has 1 aliphatic rings. The zero-order chi connectivity index (χ0) is 14.7. The summed E-state index contributed by atoms with van der Waals surface area (Å²) < 4.78 is 0. The topological polar surface area (TPSA) is 56.1 Å². The van der Waals surface area contributed by atoms with Crippen LogP contribution in [0.2, 0.25) is 0 Å². The molecule has 108 valence electrons. The van der Waals surface area contributed by atoms with E-state index in [1.165, 1.54) is 0 Å². The number of amides is 1. The molecule has 0 aliphatic heterocycles. The van der Waals surface area contributed by atoms with Crippen molar-refractivity contribution in [2.45, 2.75) is 52.0 Å². The molecule has 19 heavy (non-hydrogen) atoms. The molecule has 0 aromatic rings. The van der Waals surface area contributed by atoms with E-state index in [0.29, 0.717) is 6.54 Å².